The molecule has 8 nitrogen and oxygen atoms in total. The van der Waals surface area contributed by atoms with Crippen LogP contribution in [0.15, 0.2) is 12.1 Å². The highest BCUT2D eigenvalue weighted by Gasteiger charge is 2.25. The lowest BCUT2D eigenvalue weighted by Crippen LogP contribution is -2.02. The molecule has 0 saturated heterocycles. The molecular formula is C7H7N3O5. The molecule has 15 heavy (non-hydrogen) atoms. The average Bonchev–Trinajstić information content (AvgIpc) is 2.16. The van der Waals surface area contributed by atoms with Crippen molar-refractivity contribution < 1.29 is 15.0 Å². The summed E-state index contributed by atoms with van der Waals surface area (Å²) in [5, 5.41) is 29.9. The molecule has 0 unspecified atom stereocenters. The Bertz CT molecular complexity index is 396. The molecule has 8 heteroatoms. The second-order valence-electron chi connectivity index (χ2n) is 2.71. The van der Waals surface area contributed by atoms with Crippen LogP contribution >= 0.6 is 0 Å². The number of nitro groups is 2. The van der Waals surface area contributed by atoms with Gasteiger partial charge in [-0.05, 0) is 0 Å². The first-order valence-electron chi connectivity index (χ1n) is 3.79. The van der Waals surface area contributed by atoms with Gasteiger partial charge in [-0.1, -0.05) is 0 Å². The van der Waals surface area contributed by atoms with Crippen LogP contribution in [0.25, 0.3) is 0 Å². The number of nitrogens with two attached hydrogens (primary N) is 1. The topological polar surface area (TPSA) is 133 Å². The molecule has 3 N–H and O–H groups in total. The van der Waals surface area contributed by atoms with Crippen molar-refractivity contribution in [2.45, 2.75) is 6.61 Å². The van der Waals surface area contributed by atoms with Gasteiger partial charge in [0, 0.05) is 17.8 Å². The number of anilines is 1. The van der Waals surface area contributed by atoms with Gasteiger partial charge in [0.2, 0.25) is 0 Å². The van der Waals surface area contributed by atoms with Gasteiger partial charge in [0.1, 0.15) is 5.56 Å². The molecule has 1 aromatic rings. The fourth-order valence-electron chi connectivity index (χ4n) is 1.15. The van der Waals surface area contributed by atoms with Crippen molar-refractivity contribution in [3.05, 3.63) is 37.9 Å². The van der Waals surface area contributed by atoms with Crippen LogP contribution in [0.4, 0.5) is 17.1 Å². The fourth-order valence-corrected chi connectivity index (χ4v) is 1.15. The molecule has 0 aliphatic rings. The average molecular weight is 213 g/mol. The van der Waals surface area contributed by atoms with Crippen LogP contribution in [0.1, 0.15) is 5.56 Å². The predicted octanol–water partition coefficient (Wildman–Crippen LogP) is 0.577. The minimum Gasteiger partial charge on any atom is -0.398 e. The quantitative estimate of drug-likeness (QED) is 0.428. The molecule has 0 amide bonds. The molecule has 0 radical (unpaired) electrons. The number of rotatable bonds is 3. The van der Waals surface area contributed by atoms with Gasteiger partial charge < -0.3 is 10.8 Å². The summed E-state index contributed by atoms with van der Waals surface area (Å²) in [6.45, 7) is -0.785. The number of aliphatic hydroxyl groups excluding tert-OH is 1. The van der Waals surface area contributed by atoms with Gasteiger partial charge in [0.15, 0.2) is 0 Å². The van der Waals surface area contributed by atoms with Crippen LogP contribution in [0, 0.1) is 20.2 Å². The molecule has 1 rings (SSSR count). The first-order chi connectivity index (χ1) is 6.97. The molecule has 0 aromatic heterocycles. The van der Waals surface area contributed by atoms with Gasteiger partial charge in [-0.25, -0.2) is 0 Å². The number of hydrogen-bond donors (Lipinski definition) is 2. The van der Waals surface area contributed by atoms with Crippen LogP contribution in [0.3, 0.4) is 0 Å². The first-order valence-corrected chi connectivity index (χ1v) is 3.79. The highest BCUT2D eigenvalue weighted by atomic mass is 16.6. The van der Waals surface area contributed by atoms with Crippen molar-refractivity contribution in [2.75, 3.05) is 5.73 Å². The highest BCUT2D eigenvalue weighted by molar-refractivity contribution is 5.62. The molecule has 0 fully saturated rings. The zero-order valence-corrected chi connectivity index (χ0v) is 7.41. The number of hydrogen-bond acceptors (Lipinski definition) is 6. The normalized spacial score (nSPS) is 9.93. The molecule has 0 aliphatic heterocycles. The van der Waals surface area contributed by atoms with Crippen LogP contribution in [-0.4, -0.2) is 15.0 Å². The van der Waals surface area contributed by atoms with E-state index in [1.165, 1.54) is 0 Å². The Morgan fingerprint density at radius 1 is 1.20 bits per heavy atom. The van der Waals surface area contributed by atoms with Gasteiger partial charge in [-0.2, -0.15) is 0 Å². The standard InChI is InChI=1S/C7H7N3O5/c8-4-1-6(9(12)13)5(3-11)7(2-4)10(14)15/h1-2,11H,3,8H2. The largest absolute Gasteiger partial charge is 0.398 e. The van der Waals surface area contributed by atoms with E-state index in [1.54, 1.807) is 0 Å². The van der Waals surface area contributed by atoms with E-state index in [0.29, 0.717) is 0 Å². The fraction of sp³-hybridized carbons (Fsp3) is 0.143. The Labute approximate surface area is 83.2 Å². The maximum absolute atomic E-state index is 10.5. The Morgan fingerprint density at radius 2 is 1.60 bits per heavy atom. The number of nitrogen functional groups attached to an aromatic ring is 1. The lowest BCUT2D eigenvalue weighted by molar-refractivity contribution is -0.395. The molecular weight excluding hydrogens is 206 g/mol. The van der Waals surface area contributed by atoms with E-state index >= 15 is 0 Å². The summed E-state index contributed by atoms with van der Waals surface area (Å²) in [6, 6.07) is 1.94. The minimum absolute atomic E-state index is 0.0920. The van der Waals surface area contributed by atoms with Crippen LogP contribution in [0.2, 0.25) is 0 Å². The van der Waals surface area contributed by atoms with E-state index in [1.807, 2.05) is 0 Å². The van der Waals surface area contributed by atoms with Crippen LogP contribution in [0.5, 0.6) is 0 Å². The molecule has 1 aromatic carbocycles. The smallest absolute Gasteiger partial charge is 0.283 e. The monoisotopic (exact) mass is 213 g/mol. The zero-order valence-electron chi connectivity index (χ0n) is 7.41. The van der Waals surface area contributed by atoms with Crippen LogP contribution in [-0.2, 0) is 6.61 Å². The van der Waals surface area contributed by atoms with Crippen molar-refractivity contribution in [3.8, 4) is 0 Å². The third-order valence-electron chi connectivity index (χ3n) is 1.78. The number of benzene rings is 1. The summed E-state index contributed by atoms with van der Waals surface area (Å²) in [4.78, 5) is 19.4. The Hall–Kier alpha value is -2.22. The van der Waals surface area contributed by atoms with Gasteiger partial charge in [-0.15, -0.1) is 0 Å². The number of nitrogens with zero attached hydrogens (tertiary/aromatic N) is 2. The SMILES string of the molecule is Nc1cc([N+](=O)[O-])c(CO)c([N+](=O)[O-])c1. The van der Waals surface area contributed by atoms with Crippen molar-refractivity contribution in [2.24, 2.45) is 0 Å². The lowest BCUT2D eigenvalue weighted by Gasteiger charge is -2.02. The lowest BCUT2D eigenvalue weighted by atomic mass is 10.1. The zero-order chi connectivity index (χ0) is 11.6. The number of aliphatic hydroxyl groups is 1. The maximum atomic E-state index is 10.5. The van der Waals surface area contributed by atoms with Crippen molar-refractivity contribution in [1.29, 1.82) is 0 Å². The van der Waals surface area contributed by atoms with E-state index in [-0.39, 0.29) is 11.3 Å². The van der Waals surface area contributed by atoms with Crippen LogP contribution < -0.4 is 5.73 Å². The number of nitro benzene ring substituents is 2. The molecule has 0 heterocycles. The maximum Gasteiger partial charge on any atom is 0.283 e. The molecule has 0 spiro atoms. The second kappa shape index (κ2) is 3.88. The van der Waals surface area contributed by atoms with Crippen molar-refractivity contribution >= 4 is 17.1 Å². The van der Waals surface area contributed by atoms with Crippen molar-refractivity contribution in [3.63, 3.8) is 0 Å². The third kappa shape index (κ3) is 1.99. The minimum atomic E-state index is -0.824. The second-order valence-corrected chi connectivity index (χ2v) is 2.71. The first kappa shape index (κ1) is 10.9. The third-order valence-corrected chi connectivity index (χ3v) is 1.78. The summed E-state index contributed by atoms with van der Waals surface area (Å²) < 4.78 is 0. The van der Waals surface area contributed by atoms with Gasteiger partial charge >= 0.3 is 0 Å². The molecule has 0 aliphatic carbocycles. The van der Waals surface area contributed by atoms with Crippen molar-refractivity contribution in [1.82, 2.24) is 0 Å². The van der Waals surface area contributed by atoms with Gasteiger partial charge in [-0.3, -0.25) is 20.2 Å². The summed E-state index contributed by atoms with van der Waals surface area (Å²) >= 11 is 0. The predicted molar refractivity (Wildman–Crippen MR) is 50.1 cm³/mol. The summed E-state index contributed by atoms with van der Waals surface area (Å²) in [7, 11) is 0. The van der Waals surface area contributed by atoms with E-state index in [0.717, 1.165) is 12.1 Å². The highest BCUT2D eigenvalue weighted by Crippen LogP contribution is 2.31. The van der Waals surface area contributed by atoms with E-state index in [2.05, 4.69) is 0 Å². The van der Waals surface area contributed by atoms with E-state index < -0.39 is 27.8 Å². The molecule has 80 valence electrons. The Kier molecular flexibility index (Phi) is 2.81. The summed E-state index contributed by atoms with van der Waals surface area (Å²) in [5.41, 5.74) is 3.72. The molecule has 0 atom stereocenters. The summed E-state index contributed by atoms with van der Waals surface area (Å²) in [5.74, 6) is 0. The van der Waals surface area contributed by atoms with E-state index in [9.17, 15) is 20.2 Å². The Balaban J connectivity index is 3.52. The summed E-state index contributed by atoms with van der Waals surface area (Å²) in [6.07, 6.45) is 0. The van der Waals surface area contributed by atoms with Gasteiger partial charge in [0.25, 0.3) is 11.4 Å². The van der Waals surface area contributed by atoms with E-state index in [4.69, 9.17) is 10.8 Å². The molecule has 0 bridgehead atoms. The Morgan fingerprint density at radius 3 is 1.87 bits per heavy atom. The molecule has 0 saturated carbocycles. The van der Waals surface area contributed by atoms with Gasteiger partial charge in [0.05, 0.1) is 16.5 Å².